The summed E-state index contributed by atoms with van der Waals surface area (Å²) in [6.07, 6.45) is 1.99. The van der Waals surface area contributed by atoms with Crippen LogP contribution in [0.2, 0.25) is 0 Å². The lowest BCUT2D eigenvalue weighted by molar-refractivity contribution is 0.512. The highest BCUT2D eigenvalue weighted by Gasteiger charge is 2.07. The smallest absolute Gasteiger partial charge is 0.123 e. The van der Waals surface area contributed by atoms with Gasteiger partial charge in [0.25, 0.3) is 0 Å². The molecule has 1 aromatic heterocycles. The van der Waals surface area contributed by atoms with Crippen LogP contribution in [0.3, 0.4) is 0 Å². The highest BCUT2D eigenvalue weighted by Crippen LogP contribution is 2.13. The summed E-state index contributed by atoms with van der Waals surface area (Å²) < 4.78 is 14.8. The fourth-order valence-corrected chi connectivity index (χ4v) is 1.89. The maximum Gasteiger partial charge on any atom is 0.123 e. The summed E-state index contributed by atoms with van der Waals surface area (Å²) in [5.41, 5.74) is 2.09. The van der Waals surface area contributed by atoms with E-state index < -0.39 is 0 Å². The first kappa shape index (κ1) is 13.7. The number of hydrogen-bond acceptors (Lipinski definition) is 2. The first-order valence-electron chi connectivity index (χ1n) is 6.59. The van der Waals surface area contributed by atoms with Gasteiger partial charge in [-0.05, 0) is 44.5 Å². The van der Waals surface area contributed by atoms with Crippen molar-refractivity contribution in [3.63, 3.8) is 0 Å². The Morgan fingerprint density at radius 2 is 1.84 bits per heavy atom. The number of rotatable bonds is 5. The van der Waals surface area contributed by atoms with Crippen molar-refractivity contribution < 1.29 is 4.39 Å². The number of nitrogens with one attached hydrogen (secondary N) is 1. The second kappa shape index (κ2) is 5.97. The van der Waals surface area contributed by atoms with Gasteiger partial charge in [0.05, 0.1) is 5.69 Å². The van der Waals surface area contributed by atoms with Gasteiger partial charge >= 0.3 is 0 Å². The topological polar surface area (TPSA) is 29.9 Å². The van der Waals surface area contributed by atoms with Gasteiger partial charge in [-0.25, -0.2) is 4.39 Å². The van der Waals surface area contributed by atoms with Crippen molar-refractivity contribution in [3.8, 4) is 0 Å². The summed E-state index contributed by atoms with van der Waals surface area (Å²) in [5, 5.41) is 7.87. The summed E-state index contributed by atoms with van der Waals surface area (Å²) in [5.74, 6) is -0.202. The number of halogens is 1. The number of benzene rings is 1. The Kier molecular flexibility index (Phi) is 4.32. The molecule has 0 spiro atoms. The van der Waals surface area contributed by atoms with E-state index in [4.69, 9.17) is 0 Å². The Morgan fingerprint density at radius 1 is 1.16 bits per heavy atom. The predicted octanol–water partition coefficient (Wildman–Crippen LogP) is 3.45. The Balaban J connectivity index is 1.92. The first-order valence-corrected chi connectivity index (χ1v) is 6.59. The minimum Gasteiger partial charge on any atom is -0.304 e. The lowest BCUT2D eigenvalue weighted by Crippen LogP contribution is -2.18. The van der Waals surface area contributed by atoms with E-state index in [-0.39, 0.29) is 11.9 Å². The van der Waals surface area contributed by atoms with Crippen LogP contribution in [0.25, 0.3) is 0 Å². The monoisotopic (exact) mass is 261 g/mol. The van der Waals surface area contributed by atoms with E-state index in [2.05, 4.69) is 31.2 Å². The van der Waals surface area contributed by atoms with Crippen LogP contribution in [-0.4, -0.2) is 9.78 Å². The third kappa shape index (κ3) is 3.64. The van der Waals surface area contributed by atoms with Crippen molar-refractivity contribution in [2.24, 2.45) is 0 Å². The SMILES string of the molecule is CC(C)n1ccc(CN[C@@H](C)c2ccc(F)cc2)n1. The highest BCUT2D eigenvalue weighted by atomic mass is 19.1. The molecule has 1 N–H and O–H groups in total. The van der Waals surface area contributed by atoms with Crippen molar-refractivity contribution in [2.45, 2.75) is 39.4 Å². The molecular formula is C15H20FN3. The normalized spacial score (nSPS) is 12.9. The Hall–Kier alpha value is -1.68. The third-order valence-electron chi connectivity index (χ3n) is 3.15. The minimum absolute atomic E-state index is 0.171. The molecule has 19 heavy (non-hydrogen) atoms. The van der Waals surface area contributed by atoms with Crippen LogP contribution in [0.5, 0.6) is 0 Å². The number of nitrogens with zero attached hydrogens (tertiary/aromatic N) is 2. The van der Waals surface area contributed by atoms with Crippen molar-refractivity contribution in [1.29, 1.82) is 0 Å². The average Bonchev–Trinajstić information content (AvgIpc) is 2.86. The summed E-state index contributed by atoms with van der Waals surface area (Å²) in [7, 11) is 0. The van der Waals surface area contributed by atoms with Gasteiger partial charge in [0, 0.05) is 24.8 Å². The van der Waals surface area contributed by atoms with Crippen molar-refractivity contribution in [3.05, 3.63) is 53.6 Å². The quantitative estimate of drug-likeness (QED) is 0.893. The lowest BCUT2D eigenvalue weighted by atomic mass is 10.1. The van der Waals surface area contributed by atoms with E-state index in [1.165, 1.54) is 12.1 Å². The van der Waals surface area contributed by atoms with Crippen molar-refractivity contribution >= 4 is 0 Å². The van der Waals surface area contributed by atoms with Gasteiger partial charge in [0.1, 0.15) is 5.82 Å². The number of aromatic nitrogens is 2. The first-order chi connectivity index (χ1) is 9.06. The van der Waals surface area contributed by atoms with Crippen LogP contribution in [0.4, 0.5) is 4.39 Å². The maximum atomic E-state index is 12.8. The molecule has 0 radical (unpaired) electrons. The van der Waals surface area contributed by atoms with Crippen LogP contribution in [0.1, 0.15) is 44.1 Å². The molecule has 4 heteroatoms. The van der Waals surface area contributed by atoms with E-state index in [1.807, 2.05) is 16.9 Å². The zero-order chi connectivity index (χ0) is 13.8. The zero-order valence-corrected chi connectivity index (χ0v) is 11.6. The molecule has 0 saturated heterocycles. The third-order valence-corrected chi connectivity index (χ3v) is 3.15. The van der Waals surface area contributed by atoms with Crippen LogP contribution < -0.4 is 5.32 Å². The van der Waals surface area contributed by atoms with Crippen LogP contribution in [-0.2, 0) is 6.54 Å². The molecule has 2 rings (SSSR count). The Bertz CT molecular complexity index is 516. The van der Waals surface area contributed by atoms with Gasteiger partial charge < -0.3 is 5.32 Å². The molecule has 0 unspecified atom stereocenters. The molecule has 0 bridgehead atoms. The summed E-state index contributed by atoms with van der Waals surface area (Å²) >= 11 is 0. The second-order valence-electron chi connectivity index (χ2n) is 5.03. The van der Waals surface area contributed by atoms with Crippen LogP contribution >= 0.6 is 0 Å². The molecule has 1 heterocycles. The molecule has 1 atom stereocenters. The van der Waals surface area contributed by atoms with E-state index in [0.29, 0.717) is 12.6 Å². The minimum atomic E-state index is -0.202. The average molecular weight is 261 g/mol. The van der Waals surface area contributed by atoms with Gasteiger partial charge in [-0.2, -0.15) is 5.10 Å². The molecule has 3 nitrogen and oxygen atoms in total. The summed E-state index contributed by atoms with van der Waals surface area (Å²) in [4.78, 5) is 0. The molecule has 0 amide bonds. The Labute approximate surface area is 113 Å². The second-order valence-corrected chi connectivity index (χ2v) is 5.03. The molecular weight excluding hydrogens is 241 g/mol. The zero-order valence-electron chi connectivity index (χ0n) is 11.6. The summed E-state index contributed by atoms with van der Waals surface area (Å²) in [6.45, 7) is 6.97. The van der Waals surface area contributed by atoms with Gasteiger partial charge in [-0.1, -0.05) is 12.1 Å². The van der Waals surface area contributed by atoms with E-state index >= 15 is 0 Å². The fraction of sp³-hybridized carbons (Fsp3) is 0.400. The molecule has 2 aromatic rings. The fourth-order valence-electron chi connectivity index (χ4n) is 1.89. The molecule has 1 aromatic carbocycles. The molecule has 0 aliphatic carbocycles. The van der Waals surface area contributed by atoms with Crippen LogP contribution in [0, 0.1) is 5.82 Å². The number of hydrogen-bond donors (Lipinski definition) is 1. The van der Waals surface area contributed by atoms with Gasteiger partial charge in [-0.15, -0.1) is 0 Å². The van der Waals surface area contributed by atoms with E-state index in [9.17, 15) is 4.39 Å². The predicted molar refractivity (Wildman–Crippen MR) is 74.3 cm³/mol. The Morgan fingerprint density at radius 3 is 2.42 bits per heavy atom. The molecule has 0 aliphatic rings. The molecule has 0 aliphatic heterocycles. The maximum absolute atomic E-state index is 12.8. The van der Waals surface area contributed by atoms with Crippen molar-refractivity contribution in [1.82, 2.24) is 15.1 Å². The van der Waals surface area contributed by atoms with E-state index in [1.54, 1.807) is 12.1 Å². The molecule has 0 fully saturated rings. The van der Waals surface area contributed by atoms with Gasteiger partial charge in [0.15, 0.2) is 0 Å². The van der Waals surface area contributed by atoms with Gasteiger partial charge in [0.2, 0.25) is 0 Å². The largest absolute Gasteiger partial charge is 0.304 e. The standard InChI is InChI=1S/C15H20FN3/c1-11(2)19-9-8-15(18-19)10-17-12(3)13-4-6-14(16)7-5-13/h4-9,11-12,17H,10H2,1-3H3/t12-/m0/s1. The molecule has 102 valence electrons. The highest BCUT2D eigenvalue weighted by molar-refractivity contribution is 5.19. The van der Waals surface area contributed by atoms with E-state index in [0.717, 1.165) is 11.3 Å². The van der Waals surface area contributed by atoms with Gasteiger partial charge in [-0.3, -0.25) is 4.68 Å². The lowest BCUT2D eigenvalue weighted by Gasteiger charge is -2.13. The summed E-state index contributed by atoms with van der Waals surface area (Å²) in [6, 6.07) is 9.15. The van der Waals surface area contributed by atoms with Crippen LogP contribution in [0.15, 0.2) is 36.5 Å². The molecule has 0 saturated carbocycles. The van der Waals surface area contributed by atoms with Crippen molar-refractivity contribution in [2.75, 3.05) is 0 Å².